The van der Waals surface area contributed by atoms with Crippen LogP contribution in [0.3, 0.4) is 0 Å². The molecule has 0 aliphatic rings. The van der Waals surface area contributed by atoms with Gasteiger partial charge in [0.15, 0.2) is 0 Å². The summed E-state index contributed by atoms with van der Waals surface area (Å²) in [5.74, 6) is 0.0654. The lowest BCUT2D eigenvalue weighted by Gasteiger charge is -2.33. The molecule has 1 atom stereocenters. The van der Waals surface area contributed by atoms with Gasteiger partial charge in [-0.05, 0) is 73.7 Å². The van der Waals surface area contributed by atoms with E-state index in [1.807, 2.05) is 39.8 Å². The van der Waals surface area contributed by atoms with Gasteiger partial charge in [0.2, 0.25) is 11.8 Å². The maximum absolute atomic E-state index is 14.2. The molecule has 0 spiro atoms. The number of hydrogen-bond donors (Lipinski definition) is 1. The van der Waals surface area contributed by atoms with Crippen LogP contribution in [-0.4, -0.2) is 51.4 Å². The molecule has 0 fully saturated rings. The zero-order chi connectivity index (χ0) is 31.0. The fourth-order valence-electron chi connectivity index (χ4n) is 4.49. The fraction of sp³-hybridized carbons (Fsp3) is 0.375. The van der Waals surface area contributed by atoms with Crippen molar-refractivity contribution < 1.29 is 22.7 Å². The van der Waals surface area contributed by atoms with Crippen molar-refractivity contribution in [1.82, 2.24) is 10.2 Å². The van der Waals surface area contributed by atoms with Gasteiger partial charge in [0.25, 0.3) is 10.0 Å². The largest absolute Gasteiger partial charge is 0.497 e. The molecule has 1 unspecified atom stereocenters. The highest BCUT2D eigenvalue weighted by atomic mass is 35.5. The third kappa shape index (κ3) is 8.04. The molecule has 0 saturated heterocycles. The Kier molecular flexibility index (Phi) is 11.4. The number of methoxy groups -OCH3 is 1. The van der Waals surface area contributed by atoms with E-state index in [-0.39, 0.29) is 29.0 Å². The molecule has 0 aliphatic carbocycles. The second kappa shape index (κ2) is 14.6. The number of anilines is 1. The van der Waals surface area contributed by atoms with E-state index in [0.717, 1.165) is 15.4 Å². The Bertz CT molecular complexity index is 1470. The number of ether oxygens (including phenoxy) is 1. The van der Waals surface area contributed by atoms with E-state index in [4.69, 9.17) is 16.3 Å². The predicted octanol–water partition coefficient (Wildman–Crippen LogP) is 5.74. The number of rotatable bonds is 13. The van der Waals surface area contributed by atoms with Crippen molar-refractivity contribution in [2.75, 3.05) is 24.5 Å². The van der Waals surface area contributed by atoms with Crippen molar-refractivity contribution in [1.29, 1.82) is 0 Å². The van der Waals surface area contributed by atoms with Gasteiger partial charge < -0.3 is 15.0 Å². The lowest BCUT2D eigenvalue weighted by Crippen LogP contribution is -2.52. The Labute approximate surface area is 254 Å². The summed E-state index contributed by atoms with van der Waals surface area (Å²) in [4.78, 5) is 29.1. The van der Waals surface area contributed by atoms with Crippen molar-refractivity contribution in [3.05, 3.63) is 88.4 Å². The predicted molar refractivity (Wildman–Crippen MR) is 167 cm³/mol. The van der Waals surface area contributed by atoms with Gasteiger partial charge >= 0.3 is 0 Å². The van der Waals surface area contributed by atoms with Crippen LogP contribution in [-0.2, 0) is 26.2 Å². The van der Waals surface area contributed by atoms with Crippen LogP contribution in [0.1, 0.15) is 43.9 Å². The van der Waals surface area contributed by atoms with Crippen LogP contribution in [0.15, 0.2) is 71.6 Å². The molecule has 3 rings (SSSR count). The quantitative estimate of drug-likeness (QED) is 0.265. The second-order valence-electron chi connectivity index (χ2n) is 10.6. The summed E-state index contributed by atoms with van der Waals surface area (Å²) in [6.45, 7) is 9.41. The monoisotopic (exact) mass is 613 g/mol. The van der Waals surface area contributed by atoms with Crippen LogP contribution in [0.25, 0.3) is 0 Å². The molecule has 2 amide bonds. The zero-order valence-corrected chi connectivity index (χ0v) is 26.6. The summed E-state index contributed by atoms with van der Waals surface area (Å²) in [5, 5.41) is 3.31. The van der Waals surface area contributed by atoms with E-state index in [0.29, 0.717) is 29.3 Å². The molecule has 0 heterocycles. The molecule has 1 N–H and O–H groups in total. The van der Waals surface area contributed by atoms with Gasteiger partial charge in [0, 0.05) is 18.1 Å². The van der Waals surface area contributed by atoms with Gasteiger partial charge in [-0.15, -0.1) is 0 Å². The highest BCUT2D eigenvalue weighted by molar-refractivity contribution is 7.92. The maximum Gasteiger partial charge on any atom is 0.264 e. The van der Waals surface area contributed by atoms with Crippen LogP contribution >= 0.6 is 11.6 Å². The van der Waals surface area contributed by atoms with Gasteiger partial charge in [-0.2, -0.15) is 0 Å². The summed E-state index contributed by atoms with van der Waals surface area (Å²) >= 11 is 6.40. The highest BCUT2D eigenvalue weighted by Crippen LogP contribution is 2.31. The van der Waals surface area contributed by atoms with Crippen molar-refractivity contribution >= 4 is 39.1 Å². The topological polar surface area (TPSA) is 96.0 Å². The average molecular weight is 614 g/mol. The first-order chi connectivity index (χ1) is 19.9. The third-order valence-electron chi connectivity index (χ3n) is 6.98. The van der Waals surface area contributed by atoms with Crippen molar-refractivity contribution in [2.45, 2.75) is 58.5 Å². The van der Waals surface area contributed by atoms with Crippen LogP contribution < -0.4 is 14.4 Å². The molecule has 42 heavy (non-hydrogen) atoms. The third-order valence-corrected chi connectivity index (χ3v) is 9.16. The number of sulfonamides is 1. The van der Waals surface area contributed by atoms with E-state index in [1.165, 1.54) is 17.0 Å². The molecule has 3 aromatic carbocycles. The molecule has 0 aliphatic heterocycles. The van der Waals surface area contributed by atoms with E-state index < -0.39 is 28.5 Å². The number of benzene rings is 3. The number of aryl methyl sites for hydroxylation is 1. The number of amides is 2. The molecule has 226 valence electrons. The van der Waals surface area contributed by atoms with Gasteiger partial charge in [-0.25, -0.2) is 8.42 Å². The zero-order valence-electron chi connectivity index (χ0n) is 25.1. The minimum atomic E-state index is -4.18. The minimum Gasteiger partial charge on any atom is -0.497 e. The molecule has 0 saturated carbocycles. The molecular weight excluding hydrogens is 574 g/mol. The molecule has 10 heteroatoms. The summed E-state index contributed by atoms with van der Waals surface area (Å²) in [7, 11) is -2.62. The van der Waals surface area contributed by atoms with E-state index in [1.54, 1.807) is 56.5 Å². The van der Waals surface area contributed by atoms with Gasteiger partial charge in [0.1, 0.15) is 18.3 Å². The van der Waals surface area contributed by atoms with Crippen LogP contribution in [0.4, 0.5) is 5.69 Å². The number of carbonyl (C=O) groups excluding carboxylic acids is 2. The van der Waals surface area contributed by atoms with Crippen molar-refractivity contribution in [3.8, 4) is 5.75 Å². The van der Waals surface area contributed by atoms with Crippen LogP contribution in [0.2, 0.25) is 5.02 Å². The Morgan fingerprint density at radius 1 is 0.976 bits per heavy atom. The van der Waals surface area contributed by atoms with E-state index in [9.17, 15) is 18.0 Å². The Morgan fingerprint density at radius 3 is 2.19 bits per heavy atom. The maximum atomic E-state index is 14.2. The Morgan fingerprint density at radius 2 is 1.62 bits per heavy atom. The first kappa shape index (κ1) is 32.9. The lowest BCUT2D eigenvalue weighted by molar-refractivity contribution is -0.140. The minimum absolute atomic E-state index is 0.0451. The van der Waals surface area contributed by atoms with Gasteiger partial charge in [-0.1, -0.05) is 68.3 Å². The SMILES string of the molecule is CCC(C(=O)NCC(C)C)N(Cc1ccc(OC)cc1)C(=O)CN(c1cccc(Cl)c1C)S(=O)(=O)c1ccc(C)cc1. The Balaban J connectivity index is 2.08. The number of nitrogens with zero attached hydrogens (tertiary/aromatic N) is 2. The molecule has 0 bridgehead atoms. The molecule has 0 radical (unpaired) electrons. The molecular formula is C32H40ClN3O5S. The normalized spacial score (nSPS) is 12.1. The van der Waals surface area contributed by atoms with Crippen LogP contribution in [0.5, 0.6) is 5.75 Å². The van der Waals surface area contributed by atoms with Crippen molar-refractivity contribution in [3.63, 3.8) is 0 Å². The summed E-state index contributed by atoms with van der Waals surface area (Å²) in [6, 6.07) is 17.8. The summed E-state index contributed by atoms with van der Waals surface area (Å²) in [5.41, 5.74) is 2.48. The van der Waals surface area contributed by atoms with Crippen LogP contribution in [0, 0.1) is 19.8 Å². The number of hydrogen-bond acceptors (Lipinski definition) is 5. The molecule has 3 aromatic rings. The highest BCUT2D eigenvalue weighted by Gasteiger charge is 2.34. The first-order valence-electron chi connectivity index (χ1n) is 13.9. The Hall–Kier alpha value is -3.56. The van der Waals surface area contributed by atoms with Gasteiger partial charge in [0.05, 0.1) is 17.7 Å². The second-order valence-corrected chi connectivity index (χ2v) is 12.9. The standard InChI is InChI=1S/C32H40ClN3O5S/c1-7-29(32(38)34-19-22(2)3)35(20-25-13-15-26(41-6)16-14-25)31(37)21-36(30-10-8-9-28(33)24(30)5)42(39,40)27-17-11-23(4)12-18-27/h8-18,22,29H,7,19-21H2,1-6H3,(H,34,38). The summed E-state index contributed by atoms with van der Waals surface area (Å²) in [6.07, 6.45) is 0.340. The molecule has 0 aromatic heterocycles. The molecule has 8 nitrogen and oxygen atoms in total. The fourth-order valence-corrected chi connectivity index (χ4v) is 6.13. The average Bonchev–Trinajstić information content (AvgIpc) is 2.96. The number of nitrogens with one attached hydrogen (secondary N) is 1. The van der Waals surface area contributed by atoms with Crippen molar-refractivity contribution in [2.24, 2.45) is 5.92 Å². The van der Waals surface area contributed by atoms with Gasteiger partial charge in [-0.3, -0.25) is 13.9 Å². The first-order valence-corrected chi connectivity index (χ1v) is 15.7. The van der Waals surface area contributed by atoms with E-state index in [2.05, 4.69) is 5.32 Å². The smallest absolute Gasteiger partial charge is 0.264 e. The number of carbonyl (C=O) groups is 2. The van der Waals surface area contributed by atoms with E-state index >= 15 is 0 Å². The lowest BCUT2D eigenvalue weighted by atomic mass is 10.1. The number of halogens is 1. The summed E-state index contributed by atoms with van der Waals surface area (Å²) < 4.78 is 34.5.